The molecule has 1 amide bonds. The topological polar surface area (TPSA) is 57.6 Å². The van der Waals surface area contributed by atoms with E-state index in [9.17, 15) is 14.7 Å². The molecule has 4 nitrogen and oxygen atoms in total. The first-order valence-electron chi connectivity index (χ1n) is 7.01. The molecule has 108 valence electrons. The van der Waals surface area contributed by atoms with Crippen LogP contribution in [0.4, 0.5) is 0 Å². The van der Waals surface area contributed by atoms with Crippen molar-refractivity contribution in [2.45, 2.75) is 38.2 Å². The second kappa shape index (κ2) is 5.75. The summed E-state index contributed by atoms with van der Waals surface area (Å²) in [6, 6.07) is 6.82. The van der Waals surface area contributed by atoms with Gasteiger partial charge in [0.05, 0.1) is 11.2 Å². The lowest BCUT2D eigenvalue weighted by molar-refractivity contribution is 0.0156. The molecular weight excluding hydrogens is 254 g/mol. The molecule has 0 saturated heterocycles. The summed E-state index contributed by atoms with van der Waals surface area (Å²) in [6.07, 6.45) is 3.48. The van der Waals surface area contributed by atoms with Crippen LogP contribution >= 0.6 is 0 Å². The number of ketones is 1. The molecule has 1 aromatic carbocycles. The molecule has 1 aromatic rings. The normalized spacial score (nSPS) is 16.9. The van der Waals surface area contributed by atoms with Gasteiger partial charge in [0.25, 0.3) is 5.91 Å². The monoisotopic (exact) mass is 275 g/mol. The third-order valence-corrected chi connectivity index (χ3v) is 3.95. The van der Waals surface area contributed by atoms with Crippen molar-refractivity contribution in [3.8, 4) is 0 Å². The fraction of sp³-hybridized carbons (Fsp3) is 0.500. The summed E-state index contributed by atoms with van der Waals surface area (Å²) in [6.45, 7) is 1.77. The van der Waals surface area contributed by atoms with Gasteiger partial charge in [-0.1, -0.05) is 31.0 Å². The molecule has 0 radical (unpaired) electrons. The third kappa shape index (κ3) is 3.07. The van der Waals surface area contributed by atoms with Gasteiger partial charge in [-0.05, 0) is 25.8 Å². The van der Waals surface area contributed by atoms with Crippen LogP contribution in [0.2, 0.25) is 0 Å². The number of likely N-dealkylation sites (N-methyl/N-ethyl adjacent to an activating group) is 1. The van der Waals surface area contributed by atoms with Gasteiger partial charge in [-0.2, -0.15) is 0 Å². The first-order chi connectivity index (χ1) is 9.43. The zero-order valence-corrected chi connectivity index (χ0v) is 12.1. The molecule has 1 saturated carbocycles. The summed E-state index contributed by atoms with van der Waals surface area (Å²) in [7, 11) is 1.68. The number of carbonyl (C=O) groups excluding carboxylic acids is 2. The molecule has 2 rings (SSSR count). The number of Topliss-reactive ketones (excluding diaryl/α,β-unsaturated/α-hetero) is 1. The van der Waals surface area contributed by atoms with E-state index in [0.717, 1.165) is 25.7 Å². The second-order valence-corrected chi connectivity index (χ2v) is 5.69. The Morgan fingerprint density at radius 1 is 1.20 bits per heavy atom. The Morgan fingerprint density at radius 2 is 1.75 bits per heavy atom. The largest absolute Gasteiger partial charge is 0.388 e. The predicted molar refractivity (Wildman–Crippen MR) is 76.8 cm³/mol. The highest BCUT2D eigenvalue weighted by Crippen LogP contribution is 2.30. The molecule has 0 aromatic heterocycles. The van der Waals surface area contributed by atoms with Crippen molar-refractivity contribution < 1.29 is 14.7 Å². The maximum absolute atomic E-state index is 12.5. The maximum Gasteiger partial charge on any atom is 0.254 e. The van der Waals surface area contributed by atoms with Crippen LogP contribution in [0.25, 0.3) is 0 Å². The fourth-order valence-electron chi connectivity index (χ4n) is 2.89. The Morgan fingerprint density at radius 3 is 2.30 bits per heavy atom. The molecule has 0 heterocycles. The van der Waals surface area contributed by atoms with Crippen LogP contribution in [-0.4, -0.2) is 40.9 Å². The maximum atomic E-state index is 12.5. The summed E-state index contributed by atoms with van der Waals surface area (Å²) in [5.74, 6) is -0.335. The molecule has 0 spiro atoms. The van der Waals surface area contributed by atoms with Gasteiger partial charge in [-0.15, -0.1) is 0 Å². The molecule has 1 aliphatic rings. The Labute approximate surface area is 119 Å². The summed E-state index contributed by atoms with van der Waals surface area (Å²) in [4.78, 5) is 25.6. The minimum Gasteiger partial charge on any atom is -0.388 e. The minimum atomic E-state index is -0.768. The summed E-state index contributed by atoms with van der Waals surface area (Å²) in [5, 5.41) is 10.4. The molecule has 1 aliphatic carbocycles. The van der Waals surface area contributed by atoms with Gasteiger partial charge < -0.3 is 10.0 Å². The van der Waals surface area contributed by atoms with E-state index >= 15 is 0 Å². The van der Waals surface area contributed by atoms with E-state index in [4.69, 9.17) is 0 Å². The van der Waals surface area contributed by atoms with Gasteiger partial charge in [-0.25, -0.2) is 0 Å². The average Bonchev–Trinajstić information content (AvgIpc) is 2.84. The Balaban J connectivity index is 2.16. The van der Waals surface area contributed by atoms with Crippen LogP contribution in [0.5, 0.6) is 0 Å². The van der Waals surface area contributed by atoms with Crippen molar-refractivity contribution >= 4 is 11.7 Å². The van der Waals surface area contributed by atoms with Crippen molar-refractivity contribution in [2.75, 3.05) is 13.6 Å². The van der Waals surface area contributed by atoms with Crippen molar-refractivity contribution in [1.82, 2.24) is 4.90 Å². The highest BCUT2D eigenvalue weighted by molar-refractivity contribution is 6.07. The van der Waals surface area contributed by atoms with Crippen LogP contribution in [0.3, 0.4) is 0 Å². The lowest BCUT2D eigenvalue weighted by atomic mass is 10.00. The van der Waals surface area contributed by atoms with E-state index in [1.54, 1.807) is 31.3 Å². The van der Waals surface area contributed by atoms with Crippen LogP contribution < -0.4 is 0 Å². The molecule has 1 fully saturated rings. The quantitative estimate of drug-likeness (QED) is 0.858. The fourth-order valence-corrected chi connectivity index (χ4v) is 2.89. The lowest BCUT2D eigenvalue weighted by Gasteiger charge is -2.29. The second-order valence-electron chi connectivity index (χ2n) is 5.69. The smallest absolute Gasteiger partial charge is 0.254 e. The average molecular weight is 275 g/mol. The first-order valence-corrected chi connectivity index (χ1v) is 7.01. The van der Waals surface area contributed by atoms with E-state index in [2.05, 4.69) is 0 Å². The molecular formula is C16H21NO3. The van der Waals surface area contributed by atoms with Crippen molar-refractivity contribution in [3.63, 3.8) is 0 Å². The molecule has 0 atom stereocenters. The van der Waals surface area contributed by atoms with Gasteiger partial charge in [0.2, 0.25) is 0 Å². The zero-order valence-electron chi connectivity index (χ0n) is 12.1. The van der Waals surface area contributed by atoms with E-state index in [1.165, 1.54) is 11.8 Å². The van der Waals surface area contributed by atoms with Crippen molar-refractivity contribution in [3.05, 3.63) is 35.4 Å². The van der Waals surface area contributed by atoms with Crippen molar-refractivity contribution in [1.29, 1.82) is 0 Å². The highest BCUT2D eigenvalue weighted by atomic mass is 16.3. The lowest BCUT2D eigenvalue weighted by Crippen LogP contribution is -2.42. The van der Waals surface area contributed by atoms with Gasteiger partial charge in [0, 0.05) is 19.2 Å². The minimum absolute atomic E-state index is 0.123. The Kier molecular flexibility index (Phi) is 4.23. The molecule has 0 unspecified atom stereocenters. The van der Waals surface area contributed by atoms with Crippen LogP contribution in [0.1, 0.15) is 53.3 Å². The van der Waals surface area contributed by atoms with Gasteiger partial charge in [-0.3, -0.25) is 9.59 Å². The Hall–Kier alpha value is -1.68. The van der Waals surface area contributed by atoms with Gasteiger partial charge >= 0.3 is 0 Å². The number of hydrogen-bond donors (Lipinski definition) is 1. The number of hydrogen-bond acceptors (Lipinski definition) is 3. The molecule has 4 heteroatoms. The van der Waals surface area contributed by atoms with Gasteiger partial charge in [0.15, 0.2) is 5.78 Å². The van der Waals surface area contributed by atoms with E-state index in [-0.39, 0.29) is 11.7 Å². The van der Waals surface area contributed by atoms with E-state index in [1.807, 2.05) is 0 Å². The third-order valence-electron chi connectivity index (χ3n) is 3.95. The standard InChI is InChI=1S/C16H21NO3/c1-12(18)13-7-3-4-8-14(13)15(19)17(2)11-16(20)9-5-6-10-16/h3-4,7-8,20H,5-6,9-11H2,1-2H3. The van der Waals surface area contributed by atoms with Crippen LogP contribution in [-0.2, 0) is 0 Å². The number of benzene rings is 1. The zero-order chi connectivity index (χ0) is 14.8. The predicted octanol–water partition coefficient (Wildman–Crippen LogP) is 2.27. The van der Waals surface area contributed by atoms with E-state index < -0.39 is 5.60 Å². The molecule has 1 N–H and O–H groups in total. The number of amides is 1. The number of carbonyl (C=O) groups is 2. The molecule has 20 heavy (non-hydrogen) atoms. The summed E-state index contributed by atoms with van der Waals surface area (Å²) < 4.78 is 0. The summed E-state index contributed by atoms with van der Waals surface area (Å²) in [5.41, 5.74) is 0.0714. The van der Waals surface area contributed by atoms with Gasteiger partial charge in [0.1, 0.15) is 0 Å². The number of rotatable bonds is 4. The van der Waals surface area contributed by atoms with E-state index in [0.29, 0.717) is 17.7 Å². The number of aliphatic hydroxyl groups is 1. The Bertz CT molecular complexity index is 518. The number of nitrogens with zero attached hydrogens (tertiary/aromatic N) is 1. The van der Waals surface area contributed by atoms with Crippen LogP contribution in [0, 0.1) is 0 Å². The summed E-state index contributed by atoms with van der Waals surface area (Å²) >= 11 is 0. The molecule has 0 bridgehead atoms. The first kappa shape index (κ1) is 14.7. The SMILES string of the molecule is CC(=O)c1ccccc1C(=O)N(C)CC1(O)CCCC1. The molecule has 0 aliphatic heterocycles. The van der Waals surface area contributed by atoms with Crippen LogP contribution in [0.15, 0.2) is 24.3 Å². The highest BCUT2D eigenvalue weighted by Gasteiger charge is 2.34. The van der Waals surface area contributed by atoms with Crippen molar-refractivity contribution in [2.24, 2.45) is 0 Å².